The van der Waals surface area contributed by atoms with Crippen LogP contribution in [0.4, 0.5) is 0 Å². The first-order valence-electron chi connectivity index (χ1n) is 8.72. The molecule has 4 rings (SSSR count). The van der Waals surface area contributed by atoms with Gasteiger partial charge in [0.1, 0.15) is 0 Å². The van der Waals surface area contributed by atoms with Crippen LogP contribution in [-0.4, -0.2) is 16.3 Å². The predicted octanol–water partition coefficient (Wildman–Crippen LogP) is 4.36. The van der Waals surface area contributed by atoms with Gasteiger partial charge in [0.15, 0.2) is 0 Å². The van der Waals surface area contributed by atoms with Crippen LogP contribution in [0.15, 0.2) is 23.5 Å². The molecule has 2 N–H and O–H groups in total. The summed E-state index contributed by atoms with van der Waals surface area (Å²) in [6, 6.07) is 0. The summed E-state index contributed by atoms with van der Waals surface area (Å²) in [4.78, 5) is 0. The molecule has 4 aliphatic carbocycles. The first kappa shape index (κ1) is 13.9. The molecule has 0 heterocycles. The summed E-state index contributed by atoms with van der Waals surface area (Å²) in [5.74, 6) is 2.75. The lowest BCUT2D eigenvalue weighted by Crippen LogP contribution is -2.49. The lowest BCUT2D eigenvalue weighted by molar-refractivity contribution is -0.0391. The van der Waals surface area contributed by atoms with Crippen LogP contribution in [0.25, 0.3) is 0 Å². The summed E-state index contributed by atoms with van der Waals surface area (Å²) in [5, 5.41) is 20.3. The Hall–Kier alpha value is -0.760. The molecule has 4 aliphatic rings. The van der Waals surface area contributed by atoms with Gasteiger partial charge in [-0.2, -0.15) is 0 Å². The van der Waals surface area contributed by atoms with E-state index in [1.165, 1.54) is 12.0 Å². The highest BCUT2D eigenvalue weighted by Crippen LogP contribution is 2.64. The van der Waals surface area contributed by atoms with Crippen LogP contribution in [0, 0.1) is 28.6 Å². The van der Waals surface area contributed by atoms with Crippen molar-refractivity contribution in [2.24, 2.45) is 28.6 Å². The third kappa shape index (κ3) is 1.75. The fraction of sp³-hybridized carbons (Fsp3) is 0.789. The zero-order valence-electron chi connectivity index (χ0n) is 13.3. The molecule has 0 saturated heterocycles. The Balaban J connectivity index is 1.68. The number of aliphatic hydroxyl groups excluding tert-OH is 2. The SMILES string of the molecule is C[C@]12CCC(O)CC1=CC[C@@H]1[C@H]2CC[C@]2(C)C(O)=CC[C@@H]12. The molecule has 0 spiro atoms. The Morgan fingerprint density at radius 1 is 1.00 bits per heavy atom. The molecule has 0 amide bonds. The third-order valence-electron chi connectivity index (χ3n) is 7.62. The van der Waals surface area contributed by atoms with Crippen molar-refractivity contribution in [3.63, 3.8) is 0 Å². The van der Waals surface area contributed by atoms with Crippen LogP contribution in [0.1, 0.15) is 58.8 Å². The van der Waals surface area contributed by atoms with Crippen molar-refractivity contribution >= 4 is 0 Å². The fourth-order valence-corrected chi connectivity index (χ4v) is 6.19. The zero-order chi connectivity index (χ0) is 14.8. The van der Waals surface area contributed by atoms with Crippen LogP contribution in [0.2, 0.25) is 0 Å². The van der Waals surface area contributed by atoms with Crippen LogP contribution < -0.4 is 0 Å². The van der Waals surface area contributed by atoms with E-state index in [1.54, 1.807) is 0 Å². The molecule has 2 saturated carbocycles. The summed E-state index contributed by atoms with van der Waals surface area (Å²) in [6.07, 6.45) is 12.0. The van der Waals surface area contributed by atoms with Crippen LogP contribution in [0.5, 0.6) is 0 Å². The van der Waals surface area contributed by atoms with Crippen molar-refractivity contribution in [3.05, 3.63) is 23.5 Å². The first-order valence-corrected chi connectivity index (χ1v) is 8.72. The second-order valence-corrected chi connectivity index (χ2v) is 8.44. The van der Waals surface area contributed by atoms with Crippen molar-refractivity contribution < 1.29 is 10.2 Å². The Morgan fingerprint density at radius 3 is 2.57 bits per heavy atom. The number of rotatable bonds is 0. The summed E-state index contributed by atoms with van der Waals surface area (Å²) >= 11 is 0. The molecular formula is C19H28O2. The summed E-state index contributed by atoms with van der Waals surface area (Å²) in [6.45, 7) is 4.73. The van der Waals surface area contributed by atoms with Gasteiger partial charge in [-0.25, -0.2) is 0 Å². The average molecular weight is 288 g/mol. The highest BCUT2D eigenvalue weighted by molar-refractivity contribution is 5.27. The van der Waals surface area contributed by atoms with Gasteiger partial charge in [0.25, 0.3) is 0 Å². The standard InChI is InChI=1S/C19H28O2/c1-18-9-7-13(20)11-12(18)3-4-14-15-5-6-17(21)19(15,2)10-8-16(14)18/h3,6,13-16,20-21H,4-5,7-11H2,1-2H3/t13?,14-,15-,16+,18-,19-/m0/s1. The lowest BCUT2D eigenvalue weighted by Gasteiger charge is -2.57. The maximum Gasteiger partial charge on any atom is 0.0944 e. The molecule has 0 aromatic rings. The maximum atomic E-state index is 10.3. The largest absolute Gasteiger partial charge is 0.512 e. The first-order chi connectivity index (χ1) is 9.95. The second-order valence-electron chi connectivity index (χ2n) is 8.44. The molecule has 1 unspecified atom stereocenters. The molecular weight excluding hydrogens is 260 g/mol. The van der Waals surface area contributed by atoms with E-state index in [9.17, 15) is 10.2 Å². The molecule has 0 bridgehead atoms. The van der Waals surface area contributed by atoms with Crippen molar-refractivity contribution in [1.29, 1.82) is 0 Å². The van der Waals surface area contributed by atoms with Crippen LogP contribution in [-0.2, 0) is 0 Å². The average Bonchev–Trinajstić information content (AvgIpc) is 2.76. The minimum Gasteiger partial charge on any atom is -0.512 e. The van der Waals surface area contributed by atoms with Gasteiger partial charge in [-0.1, -0.05) is 25.5 Å². The van der Waals surface area contributed by atoms with E-state index >= 15 is 0 Å². The summed E-state index contributed by atoms with van der Waals surface area (Å²) in [5.41, 5.74) is 1.87. The quantitative estimate of drug-likeness (QED) is 0.650. The number of hydrogen-bond donors (Lipinski definition) is 2. The van der Waals surface area contributed by atoms with E-state index in [1.807, 2.05) is 0 Å². The fourth-order valence-electron chi connectivity index (χ4n) is 6.19. The van der Waals surface area contributed by atoms with Crippen LogP contribution in [0.3, 0.4) is 0 Å². The van der Waals surface area contributed by atoms with Gasteiger partial charge >= 0.3 is 0 Å². The molecule has 2 fully saturated rings. The molecule has 116 valence electrons. The van der Waals surface area contributed by atoms with E-state index < -0.39 is 0 Å². The van der Waals surface area contributed by atoms with Gasteiger partial charge in [-0.3, -0.25) is 0 Å². The second kappa shape index (κ2) is 4.38. The minimum atomic E-state index is -0.119. The molecule has 2 nitrogen and oxygen atoms in total. The predicted molar refractivity (Wildman–Crippen MR) is 83.8 cm³/mol. The van der Waals surface area contributed by atoms with E-state index in [2.05, 4.69) is 26.0 Å². The van der Waals surface area contributed by atoms with Gasteiger partial charge in [-0.15, -0.1) is 0 Å². The minimum absolute atomic E-state index is 0.0387. The van der Waals surface area contributed by atoms with Gasteiger partial charge in [0.05, 0.1) is 11.9 Å². The molecule has 6 atom stereocenters. The Bertz CT molecular complexity index is 520. The smallest absolute Gasteiger partial charge is 0.0944 e. The van der Waals surface area contributed by atoms with E-state index in [0.29, 0.717) is 23.0 Å². The zero-order valence-corrected chi connectivity index (χ0v) is 13.3. The number of allylic oxidation sites excluding steroid dienone is 3. The van der Waals surface area contributed by atoms with Gasteiger partial charge in [0, 0.05) is 5.41 Å². The number of fused-ring (bicyclic) bond motifs is 5. The molecule has 0 aliphatic heterocycles. The molecule has 0 aromatic heterocycles. The van der Waals surface area contributed by atoms with Crippen LogP contribution >= 0.6 is 0 Å². The summed E-state index contributed by atoms with van der Waals surface area (Å²) in [7, 11) is 0. The maximum absolute atomic E-state index is 10.3. The Labute approximate surface area is 127 Å². The lowest BCUT2D eigenvalue weighted by atomic mass is 9.48. The highest BCUT2D eigenvalue weighted by atomic mass is 16.3. The van der Waals surface area contributed by atoms with Crippen molar-refractivity contribution in [1.82, 2.24) is 0 Å². The topological polar surface area (TPSA) is 40.5 Å². The van der Waals surface area contributed by atoms with Gasteiger partial charge in [0.2, 0.25) is 0 Å². The van der Waals surface area contributed by atoms with E-state index in [-0.39, 0.29) is 11.5 Å². The Kier molecular flexibility index (Phi) is 2.89. The molecule has 0 radical (unpaired) electrons. The van der Waals surface area contributed by atoms with Gasteiger partial charge in [-0.05, 0) is 74.2 Å². The molecule has 0 aromatic carbocycles. The van der Waals surface area contributed by atoms with Crippen molar-refractivity contribution in [2.75, 3.05) is 0 Å². The number of aliphatic hydroxyl groups is 2. The van der Waals surface area contributed by atoms with Crippen molar-refractivity contribution in [3.8, 4) is 0 Å². The van der Waals surface area contributed by atoms with E-state index in [0.717, 1.165) is 44.4 Å². The normalized spacial score (nSPS) is 52.3. The monoisotopic (exact) mass is 288 g/mol. The number of hydrogen-bond acceptors (Lipinski definition) is 2. The van der Waals surface area contributed by atoms with E-state index in [4.69, 9.17) is 0 Å². The van der Waals surface area contributed by atoms with Crippen molar-refractivity contribution in [2.45, 2.75) is 64.9 Å². The third-order valence-corrected chi connectivity index (χ3v) is 7.62. The van der Waals surface area contributed by atoms with Gasteiger partial charge < -0.3 is 10.2 Å². The molecule has 2 heteroatoms. The highest BCUT2D eigenvalue weighted by Gasteiger charge is 2.56. The molecule has 21 heavy (non-hydrogen) atoms. The summed E-state index contributed by atoms with van der Waals surface area (Å²) < 4.78 is 0. The Morgan fingerprint density at radius 2 is 1.76 bits per heavy atom.